The van der Waals surface area contributed by atoms with Gasteiger partial charge in [-0.05, 0) is 37.3 Å². The molecule has 0 N–H and O–H groups in total. The van der Waals surface area contributed by atoms with Gasteiger partial charge in [0, 0.05) is 30.5 Å². The normalized spacial score (nSPS) is 29.9. The number of carbonyl (C=O) groups excluding carboxylic acids is 2. The molecule has 2 aliphatic rings. The van der Waals surface area contributed by atoms with Crippen molar-refractivity contribution in [2.24, 2.45) is 11.8 Å². The van der Waals surface area contributed by atoms with Crippen LogP contribution in [0.5, 0.6) is 0 Å². The third-order valence-corrected chi connectivity index (χ3v) is 4.81. The smallest absolute Gasteiger partial charge is 0.254 e. The molecule has 3 nitrogen and oxygen atoms in total. The standard InChI is InChI=1S/C17H21NO2/c1-12-10-15-14(11-16(12)19)8-5-9-18(15)17(20)13-6-3-2-4-7-13/h2-4,6-7,12,14-15H,5,8-11H2,1H3/t12-,14+,15-/m1/s1. The second kappa shape index (κ2) is 5.39. The summed E-state index contributed by atoms with van der Waals surface area (Å²) in [6.07, 6.45) is 3.59. The molecule has 1 saturated heterocycles. The van der Waals surface area contributed by atoms with Crippen molar-refractivity contribution in [1.82, 2.24) is 4.90 Å². The first-order valence-corrected chi connectivity index (χ1v) is 7.55. The summed E-state index contributed by atoms with van der Waals surface area (Å²) in [5.41, 5.74) is 0.762. The van der Waals surface area contributed by atoms with Crippen LogP contribution in [0.2, 0.25) is 0 Å². The molecule has 2 fully saturated rings. The van der Waals surface area contributed by atoms with Gasteiger partial charge in [-0.15, -0.1) is 0 Å². The number of carbonyl (C=O) groups is 2. The molecule has 1 amide bonds. The van der Waals surface area contributed by atoms with Crippen LogP contribution < -0.4 is 0 Å². The summed E-state index contributed by atoms with van der Waals surface area (Å²) in [5, 5.41) is 0. The maximum atomic E-state index is 12.7. The number of hydrogen-bond acceptors (Lipinski definition) is 2. The van der Waals surface area contributed by atoms with E-state index in [9.17, 15) is 9.59 Å². The van der Waals surface area contributed by atoms with Crippen LogP contribution >= 0.6 is 0 Å². The van der Waals surface area contributed by atoms with E-state index in [2.05, 4.69) is 0 Å². The number of rotatable bonds is 1. The molecule has 20 heavy (non-hydrogen) atoms. The number of fused-ring (bicyclic) bond motifs is 1. The highest BCUT2D eigenvalue weighted by atomic mass is 16.2. The Morgan fingerprint density at radius 1 is 1.25 bits per heavy atom. The van der Waals surface area contributed by atoms with E-state index in [1.54, 1.807) is 0 Å². The summed E-state index contributed by atoms with van der Waals surface area (Å²) in [5.74, 6) is 0.975. The molecule has 0 spiro atoms. The molecule has 0 bridgehead atoms. The fraction of sp³-hybridized carbons (Fsp3) is 0.529. The number of Topliss-reactive ketones (excluding diaryl/α,β-unsaturated/α-hetero) is 1. The average molecular weight is 271 g/mol. The molecule has 1 saturated carbocycles. The number of ketones is 1. The number of amides is 1. The predicted octanol–water partition coefficient (Wildman–Crippen LogP) is 2.91. The predicted molar refractivity (Wildman–Crippen MR) is 77.4 cm³/mol. The minimum absolute atomic E-state index is 0.0976. The van der Waals surface area contributed by atoms with Crippen molar-refractivity contribution >= 4 is 11.7 Å². The Morgan fingerprint density at radius 2 is 2.00 bits per heavy atom. The van der Waals surface area contributed by atoms with Crippen molar-refractivity contribution in [3.8, 4) is 0 Å². The molecule has 1 aliphatic heterocycles. The first-order valence-electron chi connectivity index (χ1n) is 7.55. The van der Waals surface area contributed by atoms with Gasteiger partial charge in [-0.25, -0.2) is 0 Å². The second-order valence-electron chi connectivity index (χ2n) is 6.14. The van der Waals surface area contributed by atoms with Gasteiger partial charge < -0.3 is 4.90 Å². The lowest BCUT2D eigenvalue weighted by Gasteiger charge is -2.45. The zero-order valence-electron chi connectivity index (χ0n) is 11.9. The van der Waals surface area contributed by atoms with Gasteiger partial charge in [-0.2, -0.15) is 0 Å². The Kier molecular flexibility index (Phi) is 3.60. The summed E-state index contributed by atoms with van der Waals surface area (Å²) in [6.45, 7) is 2.83. The largest absolute Gasteiger partial charge is 0.335 e. The van der Waals surface area contributed by atoms with Gasteiger partial charge in [0.1, 0.15) is 5.78 Å². The molecule has 3 heteroatoms. The molecular weight excluding hydrogens is 250 g/mol. The van der Waals surface area contributed by atoms with Crippen molar-refractivity contribution < 1.29 is 9.59 Å². The van der Waals surface area contributed by atoms with E-state index < -0.39 is 0 Å². The van der Waals surface area contributed by atoms with Crippen LogP contribution in [0.1, 0.15) is 43.0 Å². The summed E-state index contributed by atoms with van der Waals surface area (Å²) < 4.78 is 0. The lowest BCUT2D eigenvalue weighted by atomic mass is 9.73. The second-order valence-corrected chi connectivity index (χ2v) is 6.14. The van der Waals surface area contributed by atoms with Crippen molar-refractivity contribution in [2.75, 3.05) is 6.54 Å². The van der Waals surface area contributed by atoms with Gasteiger partial charge in [0.05, 0.1) is 0 Å². The van der Waals surface area contributed by atoms with Crippen molar-refractivity contribution in [2.45, 2.75) is 38.6 Å². The van der Waals surface area contributed by atoms with Gasteiger partial charge in [-0.3, -0.25) is 9.59 Å². The number of likely N-dealkylation sites (tertiary alicyclic amines) is 1. The Balaban J connectivity index is 1.82. The molecule has 0 radical (unpaired) electrons. The molecular formula is C17H21NO2. The van der Waals surface area contributed by atoms with E-state index >= 15 is 0 Å². The SMILES string of the molecule is C[C@@H]1C[C@@H]2[C@@H](CCCN2C(=O)c2ccccc2)CC1=O. The molecule has 0 unspecified atom stereocenters. The zero-order chi connectivity index (χ0) is 14.1. The Hall–Kier alpha value is -1.64. The fourth-order valence-corrected chi connectivity index (χ4v) is 3.65. The van der Waals surface area contributed by atoms with Crippen LogP contribution in [0.25, 0.3) is 0 Å². The van der Waals surface area contributed by atoms with Gasteiger partial charge in [0.15, 0.2) is 0 Å². The Morgan fingerprint density at radius 3 is 2.75 bits per heavy atom. The summed E-state index contributed by atoms with van der Waals surface area (Å²) in [4.78, 5) is 26.6. The maximum Gasteiger partial charge on any atom is 0.254 e. The molecule has 3 rings (SSSR count). The molecule has 1 aromatic rings. The van der Waals surface area contributed by atoms with Crippen molar-refractivity contribution in [3.63, 3.8) is 0 Å². The van der Waals surface area contributed by atoms with Crippen LogP contribution in [-0.2, 0) is 4.79 Å². The topological polar surface area (TPSA) is 37.4 Å². The van der Waals surface area contributed by atoms with Crippen molar-refractivity contribution in [3.05, 3.63) is 35.9 Å². The van der Waals surface area contributed by atoms with Crippen LogP contribution in [0, 0.1) is 11.8 Å². The van der Waals surface area contributed by atoms with E-state index in [4.69, 9.17) is 0 Å². The van der Waals surface area contributed by atoms with Crippen LogP contribution in [-0.4, -0.2) is 29.2 Å². The van der Waals surface area contributed by atoms with Gasteiger partial charge in [-0.1, -0.05) is 25.1 Å². The van der Waals surface area contributed by atoms with Crippen LogP contribution in [0.4, 0.5) is 0 Å². The molecule has 3 atom stereocenters. The molecule has 0 aromatic heterocycles. The van der Waals surface area contributed by atoms with E-state index in [0.29, 0.717) is 18.1 Å². The zero-order valence-corrected chi connectivity index (χ0v) is 11.9. The summed E-state index contributed by atoms with van der Waals surface area (Å²) >= 11 is 0. The number of benzene rings is 1. The van der Waals surface area contributed by atoms with Gasteiger partial charge >= 0.3 is 0 Å². The average Bonchev–Trinajstić information content (AvgIpc) is 2.48. The number of hydrogen-bond donors (Lipinski definition) is 0. The van der Waals surface area contributed by atoms with Gasteiger partial charge in [0.2, 0.25) is 0 Å². The quantitative estimate of drug-likeness (QED) is 0.787. The molecule has 1 aromatic carbocycles. The lowest BCUT2D eigenvalue weighted by molar-refractivity contribution is -0.128. The highest BCUT2D eigenvalue weighted by molar-refractivity contribution is 5.94. The van der Waals surface area contributed by atoms with E-state index in [1.807, 2.05) is 42.2 Å². The first-order chi connectivity index (χ1) is 9.66. The Labute approximate surface area is 120 Å². The Bertz CT molecular complexity index is 511. The van der Waals surface area contributed by atoms with Crippen LogP contribution in [0.3, 0.4) is 0 Å². The highest BCUT2D eigenvalue weighted by Gasteiger charge is 2.41. The fourth-order valence-electron chi connectivity index (χ4n) is 3.65. The summed E-state index contributed by atoms with van der Waals surface area (Å²) in [7, 11) is 0. The van der Waals surface area contributed by atoms with Gasteiger partial charge in [0.25, 0.3) is 5.91 Å². The van der Waals surface area contributed by atoms with Crippen molar-refractivity contribution in [1.29, 1.82) is 0 Å². The lowest BCUT2D eigenvalue weighted by Crippen LogP contribution is -2.52. The minimum Gasteiger partial charge on any atom is -0.335 e. The number of piperidine rings is 1. The third kappa shape index (κ3) is 2.37. The van der Waals surface area contributed by atoms with E-state index in [0.717, 1.165) is 31.4 Å². The molecule has 1 aliphatic carbocycles. The molecule has 106 valence electrons. The minimum atomic E-state index is 0.0976. The first kappa shape index (κ1) is 13.3. The molecule has 1 heterocycles. The van der Waals surface area contributed by atoms with E-state index in [1.165, 1.54) is 0 Å². The van der Waals surface area contributed by atoms with Crippen LogP contribution in [0.15, 0.2) is 30.3 Å². The monoisotopic (exact) mass is 271 g/mol. The maximum absolute atomic E-state index is 12.7. The summed E-state index contributed by atoms with van der Waals surface area (Å²) in [6, 6.07) is 9.75. The highest BCUT2D eigenvalue weighted by Crippen LogP contribution is 2.36. The number of nitrogens with zero attached hydrogens (tertiary/aromatic N) is 1. The van der Waals surface area contributed by atoms with E-state index in [-0.39, 0.29) is 17.9 Å². The third-order valence-electron chi connectivity index (χ3n) is 4.81.